The molecule has 1 saturated carbocycles. The number of thiazole rings is 1. The summed E-state index contributed by atoms with van der Waals surface area (Å²) in [6.45, 7) is 3.30. The number of ether oxygens (including phenoxy) is 1. The Balaban J connectivity index is 1.85. The van der Waals surface area contributed by atoms with Crippen molar-refractivity contribution in [3.8, 4) is 0 Å². The molecule has 1 aromatic rings. The van der Waals surface area contributed by atoms with Gasteiger partial charge in [-0.2, -0.15) is 0 Å². The van der Waals surface area contributed by atoms with E-state index in [4.69, 9.17) is 0 Å². The van der Waals surface area contributed by atoms with E-state index in [9.17, 15) is 4.79 Å². The van der Waals surface area contributed by atoms with Crippen LogP contribution in [0.2, 0.25) is 0 Å². The highest BCUT2D eigenvalue weighted by Crippen LogP contribution is 2.37. The molecule has 1 N–H and O–H groups in total. The fourth-order valence-corrected chi connectivity index (χ4v) is 3.09. The lowest BCUT2D eigenvalue weighted by molar-refractivity contribution is -0.139. The van der Waals surface area contributed by atoms with Crippen molar-refractivity contribution in [1.82, 2.24) is 4.98 Å². The summed E-state index contributed by atoms with van der Waals surface area (Å²) in [5.41, 5.74) is 1.19. The van der Waals surface area contributed by atoms with Crippen molar-refractivity contribution in [2.24, 2.45) is 5.41 Å². The number of rotatable bonds is 5. The molecule has 1 aliphatic rings. The van der Waals surface area contributed by atoms with E-state index < -0.39 is 0 Å². The average molecular weight is 268 g/mol. The molecule has 4 nitrogen and oxygen atoms in total. The van der Waals surface area contributed by atoms with Crippen LogP contribution in [0.15, 0.2) is 5.38 Å². The van der Waals surface area contributed by atoms with Crippen LogP contribution in [0.1, 0.15) is 38.3 Å². The highest BCUT2D eigenvalue weighted by atomic mass is 32.1. The van der Waals surface area contributed by atoms with Crippen molar-refractivity contribution in [1.29, 1.82) is 0 Å². The van der Waals surface area contributed by atoms with Gasteiger partial charge in [-0.05, 0) is 18.3 Å². The summed E-state index contributed by atoms with van der Waals surface area (Å²) in [5.74, 6) is -0.241. The Kier molecular flexibility index (Phi) is 4.22. The van der Waals surface area contributed by atoms with Gasteiger partial charge in [-0.25, -0.2) is 4.98 Å². The molecule has 0 atom stereocenters. The molecule has 0 saturated heterocycles. The van der Waals surface area contributed by atoms with E-state index in [0.29, 0.717) is 5.41 Å². The maximum absolute atomic E-state index is 11.1. The van der Waals surface area contributed by atoms with Crippen molar-refractivity contribution in [3.63, 3.8) is 0 Å². The van der Waals surface area contributed by atoms with Crippen LogP contribution in [-0.2, 0) is 16.0 Å². The van der Waals surface area contributed by atoms with E-state index in [1.54, 1.807) is 11.3 Å². The Labute approximate surface area is 112 Å². The third kappa shape index (κ3) is 3.45. The molecule has 100 valence electrons. The van der Waals surface area contributed by atoms with Crippen LogP contribution in [0.25, 0.3) is 0 Å². The molecular weight excluding hydrogens is 248 g/mol. The van der Waals surface area contributed by atoms with Crippen LogP contribution < -0.4 is 5.32 Å². The predicted octanol–water partition coefficient (Wildman–Crippen LogP) is 2.85. The first kappa shape index (κ1) is 13.3. The minimum absolute atomic E-state index is 0.241. The molecule has 2 rings (SSSR count). The number of nitrogens with zero attached hydrogens (tertiary/aromatic N) is 1. The Morgan fingerprint density at radius 1 is 1.56 bits per heavy atom. The van der Waals surface area contributed by atoms with Gasteiger partial charge >= 0.3 is 5.97 Å². The largest absolute Gasteiger partial charge is 0.469 e. The Morgan fingerprint density at radius 2 is 2.28 bits per heavy atom. The van der Waals surface area contributed by atoms with Gasteiger partial charge < -0.3 is 10.1 Å². The summed E-state index contributed by atoms with van der Waals surface area (Å²) in [4.78, 5) is 15.5. The average Bonchev–Trinajstić information content (AvgIpc) is 2.97. The number of carbonyl (C=O) groups excluding carboxylic acids is 1. The maximum Gasteiger partial charge on any atom is 0.311 e. The molecule has 1 aromatic heterocycles. The first-order chi connectivity index (χ1) is 8.61. The molecule has 0 spiro atoms. The molecule has 1 aliphatic carbocycles. The van der Waals surface area contributed by atoms with E-state index in [-0.39, 0.29) is 12.4 Å². The molecule has 0 aromatic carbocycles. The van der Waals surface area contributed by atoms with Crippen LogP contribution in [0.5, 0.6) is 0 Å². The number of aromatic nitrogens is 1. The highest BCUT2D eigenvalue weighted by Gasteiger charge is 2.28. The number of esters is 1. The Bertz CT molecular complexity index is 411. The van der Waals surface area contributed by atoms with Crippen LogP contribution >= 0.6 is 11.3 Å². The molecule has 0 radical (unpaired) electrons. The van der Waals surface area contributed by atoms with Gasteiger partial charge in [0.05, 0.1) is 19.2 Å². The molecule has 1 fully saturated rings. The third-order valence-electron chi connectivity index (χ3n) is 3.58. The lowest BCUT2D eigenvalue weighted by atomic mass is 9.89. The lowest BCUT2D eigenvalue weighted by Crippen LogP contribution is -2.22. The molecule has 0 amide bonds. The number of hydrogen-bond donors (Lipinski definition) is 1. The Hall–Kier alpha value is -1.10. The SMILES string of the molecule is COC(=O)Cc1csc(NCC2(C)CCCC2)n1. The van der Waals surface area contributed by atoms with Gasteiger partial charge in [-0.15, -0.1) is 11.3 Å². The van der Waals surface area contributed by atoms with Crippen molar-refractivity contribution in [2.75, 3.05) is 19.0 Å². The van der Waals surface area contributed by atoms with Gasteiger partial charge in [0.15, 0.2) is 5.13 Å². The van der Waals surface area contributed by atoms with E-state index in [1.165, 1.54) is 32.8 Å². The molecule has 1 heterocycles. The van der Waals surface area contributed by atoms with Gasteiger partial charge in [-0.1, -0.05) is 19.8 Å². The van der Waals surface area contributed by atoms with E-state index in [2.05, 4.69) is 22.0 Å². The third-order valence-corrected chi connectivity index (χ3v) is 4.43. The van der Waals surface area contributed by atoms with Gasteiger partial charge in [-0.3, -0.25) is 4.79 Å². The van der Waals surface area contributed by atoms with Gasteiger partial charge in [0, 0.05) is 11.9 Å². The summed E-state index contributed by atoms with van der Waals surface area (Å²) in [6.07, 6.45) is 5.51. The zero-order chi connectivity index (χ0) is 13.0. The predicted molar refractivity (Wildman–Crippen MR) is 72.9 cm³/mol. The standard InChI is InChI=1S/C13H20N2O2S/c1-13(5-3-4-6-13)9-14-12-15-10(8-18-12)7-11(16)17-2/h8H,3-7,9H2,1-2H3,(H,14,15). The molecular formula is C13H20N2O2S. The topological polar surface area (TPSA) is 51.2 Å². The fraction of sp³-hybridized carbons (Fsp3) is 0.692. The van der Waals surface area contributed by atoms with Crippen molar-refractivity contribution in [3.05, 3.63) is 11.1 Å². The maximum atomic E-state index is 11.1. The zero-order valence-corrected chi connectivity index (χ0v) is 11.8. The first-order valence-corrected chi connectivity index (χ1v) is 7.24. The summed E-state index contributed by atoms with van der Waals surface area (Å²) in [6, 6.07) is 0. The quantitative estimate of drug-likeness (QED) is 0.834. The molecule has 0 aliphatic heterocycles. The highest BCUT2D eigenvalue weighted by molar-refractivity contribution is 7.13. The van der Waals surface area contributed by atoms with Crippen molar-refractivity contribution in [2.45, 2.75) is 39.0 Å². The number of anilines is 1. The molecule has 18 heavy (non-hydrogen) atoms. The van der Waals surface area contributed by atoms with Crippen LogP contribution in [0.4, 0.5) is 5.13 Å². The fourth-order valence-electron chi connectivity index (χ4n) is 2.38. The van der Waals surface area contributed by atoms with E-state index in [1.807, 2.05) is 5.38 Å². The molecule has 5 heteroatoms. The summed E-state index contributed by atoms with van der Waals surface area (Å²) in [5, 5.41) is 6.21. The van der Waals surface area contributed by atoms with Gasteiger partial charge in [0.2, 0.25) is 0 Å². The normalized spacial score (nSPS) is 17.7. The number of carbonyl (C=O) groups is 1. The van der Waals surface area contributed by atoms with Crippen LogP contribution in [0, 0.1) is 5.41 Å². The molecule has 0 bridgehead atoms. The van der Waals surface area contributed by atoms with E-state index in [0.717, 1.165) is 17.4 Å². The van der Waals surface area contributed by atoms with Crippen LogP contribution in [-0.4, -0.2) is 24.6 Å². The van der Waals surface area contributed by atoms with Crippen LogP contribution in [0.3, 0.4) is 0 Å². The zero-order valence-electron chi connectivity index (χ0n) is 11.0. The second kappa shape index (κ2) is 5.69. The monoisotopic (exact) mass is 268 g/mol. The second-order valence-corrected chi connectivity index (χ2v) is 6.13. The second-order valence-electron chi connectivity index (χ2n) is 5.27. The Morgan fingerprint density at radius 3 is 2.94 bits per heavy atom. The summed E-state index contributed by atoms with van der Waals surface area (Å²) in [7, 11) is 1.40. The minimum Gasteiger partial charge on any atom is -0.469 e. The first-order valence-electron chi connectivity index (χ1n) is 6.36. The van der Waals surface area contributed by atoms with E-state index >= 15 is 0 Å². The number of nitrogens with one attached hydrogen (secondary N) is 1. The van der Waals surface area contributed by atoms with Crippen molar-refractivity contribution >= 4 is 22.4 Å². The smallest absolute Gasteiger partial charge is 0.311 e. The number of hydrogen-bond acceptors (Lipinski definition) is 5. The lowest BCUT2D eigenvalue weighted by Gasteiger charge is -2.23. The number of methoxy groups -OCH3 is 1. The van der Waals surface area contributed by atoms with Gasteiger partial charge in [0.1, 0.15) is 0 Å². The van der Waals surface area contributed by atoms with Crippen molar-refractivity contribution < 1.29 is 9.53 Å². The summed E-state index contributed by atoms with van der Waals surface area (Å²) >= 11 is 1.55. The van der Waals surface area contributed by atoms with Gasteiger partial charge in [0.25, 0.3) is 0 Å². The molecule has 0 unspecified atom stereocenters. The minimum atomic E-state index is -0.241. The summed E-state index contributed by atoms with van der Waals surface area (Å²) < 4.78 is 4.63.